The number of nitrogens with two attached hydrogens (primary N) is 1. The Bertz CT molecular complexity index is 597. The van der Waals surface area contributed by atoms with Gasteiger partial charge in [0, 0.05) is 6.54 Å². The van der Waals surface area contributed by atoms with Crippen LogP contribution < -0.4 is 15.2 Å². The summed E-state index contributed by atoms with van der Waals surface area (Å²) in [5.74, 6) is 1.77. The molecule has 0 amide bonds. The van der Waals surface area contributed by atoms with Crippen LogP contribution in [0.1, 0.15) is 16.7 Å². The van der Waals surface area contributed by atoms with Gasteiger partial charge in [0.05, 0.1) is 14.2 Å². The fourth-order valence-electron chi connectivity index (χ4n) is 2.58. The van der Waals surface area contributed by atoms with Crippen LogP contribution >= 0.6 is 0 Å². The molecule has 106 valence electrons. The Morgan fingerprint density at radius 1 is 0.950 bits per heavy atom. The number of ether oxygens (including phenoxy) is 2. The van der Waals surface area contributed by atoms with Crippen LogP contribution in [0.15, 0.2) is 30.3 Å². The molecule has 20 heavy (non-hydrogen) atoms. The number of benzene rings is 2. The monoisotopic (exact) mass is 271 g/mol. The first-order valence-corrected chi connectivity index (χ1v) is 6.63. The third kappa shape index (κ3) is 2.63. The van der Waals surface area contributed by atoms with Crippen LogP contribution in [-0.4, -0.2) is 14.2 Å². The Hall–Kier alpha value is -2.00. The van der Waals surface area contributed by atoms with Crippen molar-refractivity contribution in [2.75, 3.05) is 14.2 Å². The Morgan fingerprint density at radius 2 is 1.60 bits per heavy atom. The molecule has 2 rings (SSSR count). The summed E-state index contributed by atoms with van der Waals surface area (Å²) >= 11 is 0. The molecule has 0 atom stereocenters. The molecular weight excluding hydrogens is 250 g/mol. The van der Waals surface area contributed by atoms with Gasteiger partial charge in [-0.25, -0.2) is 0 Å². The van der Waals surface area contributed by atoms with E-state index in [-0.39, 0.29) is 0 Å². The molecule has 0 spiro atoms. The minimum Gasteiger partial charge on any atom is -0.497 e. The van der Waals surface area contributed by atoms with E-state index in [1.807, 2.05) is 12.1 Å². The van der Waals surface area contributed by atoms with Crippen molar-refractivity contribution in [3.63, 3.8) is 0 Å². The summed E-state index contributed by atoms with van der Waals surface area (Å²) in [5, 5.41) is 0. The minimum absolute atomic E-state index is 0.483. The quantitative estimate of drug-likeness (QED) is 0.926. The van der Waals surface area contributed by atoms with Crippen LogP contribution in [0.4, 0.5) is 0 Å². The van der Waals surface area contributed by atoms with Crippen LogP contribution in [0.3, 0.4) is 0 Å². The van der Waals surface area contributed by atoms with E-state index in [0.717, 1.165) is 39.3 Å². The molecule has 3 heteroatoms. The Labute approximate surface area is 120 Å². The zero-order valence-electron chi connectivity index (χ0n) is 12.5. The average molecular weight is 271 g/mol. The van der Waals surface area contributed by atoms with Gasteiger partial charge in [0.15, 0.2) is 0 Å². The minimum atomic E-state index is 0.483. The van der Waals surface area contributed by atoms with E-state index in [0.29, 0.717) is 6.54 Å². The van der Waals surface area contributed by atoms with Crippen molar-refractivity contribution >= 4 is 0 Å². The number of rotatable bonds is 4. The van der Waals surface area contributed by atoms with E-state index >= 15 is 0 Å². The lowest BCUT2D eigenvalue weighted by Gasteiger charge is -2.14. The molecule has 2 aromatic rings. The number of hydrogen-bond donors (Lipinski definition) is 1. The van der Waals surface area contributed by atoms with Gasteiger partial charge in [-0.1, -0.05) is 6.07 Å². The van der Waals surface area contributed by atoms with E-state index in [1.54, 1.807) is 14.2 Å². The summed E-state index contributed by atoms with van der Waals surface area (Å²) in [7, 11) is 3.37. The molecule has 0 heterocycles. The first-order valence-electron chi connectivity index (χ1n) is 6.63. The highest BCUT2D eigenvalue weighted by Crippen LogP contribution is 2.33. The van der Waals surface area contributed by atoms with Crippen molar-refractivity contribution < 1.29 is 9.47 Å². The lowest BCUT2D eigenvalue weighted by Crippen LogP contribution is -2.00. The maximum atomic E-state index is 5.86. The number of aryl methyl sites for hydroxylation is 2. The smallest absolute Gasteiger partial charge is 0.124 e. The predicted octanol–water partition coefficient (Wildman–Crippen LogP) is 3.45. The highest BCUT2D eigenvalue weighted by atomic mass is 16.5. The largest absolute Gasteiger partial charge is 0.497 e. The molecule has 0 fully saturated rings. The van der Waals surface area contributed by atoms with Crippen molar-refractivity contribution in [1.82, 2.24) is 0 Å². The molecule has 0 radical (unpaired) electrons. The Balaban J connectivity index is 2.56. The maximum absolute atomic E-state index is 5.86. The SMILES string of the molecule is COc1ccc(-c2cc(C)c(OC)c(C)c2)c(CN)c1. The summed E-state index contributed by atoms with van der Waals surface area (Å²) in [6.45, 7) is 4.60. The van der Waals surface area contributed by atoms with Crippen molar-refractivity contribution in [3.8, 4) is 22.6 Å². The van der Waals surface area contributed by atoms with Gasteiger partial charge in [0.1, 0.15) is 11.5 Å². The molecule has 0 saturated heterocycles. The molecule has 0 aliphatic heterocycles. The lowest BCUT2D eigenvalue weighted by molar-refractivity contribution is 0.408. The molecule has 2 N–H and O–H groups in total. The molecule has 0 bridgehead atoms. The molecule has 0 saturated carbocycles. The standard InChI is InChI=1S/C17H21NO2/c1-11-7-13(8-12(2)17(11)20-4)16-6-5-15(19-3)9-14(16)10-18/h5-9H,10,18H2,1-4H3. The molecule has 3 nitrogen and oxygen atoms in total. The second-order valence-electron chi connectivity index (χ2n) is 4.87. The van der Waals surface area contributed by atoms with Crippen molar-refractivity contribution in [2.24, 2.45) is 5.73 Å². The van der Waals surface area contributed by atoms with Gasteiger partial charge >= 0.3 is 0 Å². The first kappa shape index (κ1) is 14.4. The van der Waals surface area contributed by atoms with Gasteiger partial charge in [0.2, 0.25) is 0 Å². The van der Waals surface area contributed by atoms with Gasteiger partial charge in [-0.2, -0.15) is 0 Å². The van der Waals surface area contributed by atoms with Gasteiger partial charge in [-0.05, 0) is 65.9 Å². The maximum Gasteiger partial charge on any atom is 0.124 e. The normalized spacial score (nSPS) is 10.4. The molecule has 0 aliphatic rings. The second kappa shape index (κ2) is 5.97. The average Bonchev–Trinajstić information content (AvgIpc) is 2.46. The third-order valence-electron chi connectivity index (χ3n) is 3.51. The van der Waals surface area contributed by atoms with Crippen LogP contribution in [0, 0.1) is 13.8 Å². The molecule has 2 aromatic carbocycles. The number of hydrogen-bond acceptors (Lipinski definition) is 3. The number of methoxy groups -OCH3 is 2. The van der Waals surface area contributed by atoms with E-state index in [4.69, 9.17) is 15.2 Å². The van der Waals surface area contributed by atoms with Crippen LogP contribution in [-0.2, 0) is 6.54 Å². The van der Waals surface area contributed by atoms with Crippen molar-refractivity contribution in [3.05, 3.63) is 47.0 Å². The zero-order chi connectivity index (χ0) is 14.7. The third-order valence-corrected chi connectivity index (χ3v) is 3.51. The van der Waals surface area contributed by atoms with Gasteiger partial charge in [0.25, 0.3) is 0 Å². The highest BCUT2D eigenvalue weighted by Gasteiger charge is 2.10. The van der Waals surface area contributed by atoms with Gasteiger partial charge in [-0.3, -0.25) is 0 Å². The fourth-order valence-corrected chi connectivity index (χ4v) is 2.58. The molecule has 0 aliphatic carbocycles. The van der Waals surface area contributed by atoms with Crippen LogP contribution in [0.5, 0.6) is 11.5 Å². The summed E-state index contributed by atoms with van der Waals surface area (Å²) in [5.41, 5.74) is 11.5. The van der Waals surface area contributed by atoms with Crippen molar-refractivity contribution in [1.29, 1.82) is 0 Å². The van der Waals surface area contributed by atoms with Crippen LogP contribution in [0.25, 0.3) is 11.1 Å². The Kier molecular flexibility index (Phi) is 4.30. The topological polar surface area (TPSA) is 44.5 Å². The second-order valence-corrected chi connectivity index (χ2v) is 4.87. The van der Waals surface area contributed by atoms with E-state index in [1.165, 1.54) is 0 Å². The Morgan fingerprint density at radius 3 is 2.10 bits per heavy atom. The summed E-state index contributed by atoms with van der Waals surface area (Å²) in [6, 6.07) is 10.3. The van der Waals surface area contributed by atoms with E-state index < -0.39 is 0 Å². The molecular formula is C17H21NO2. The lowest BCUT2D eigenvalue weighted by atomic mass is 9.95. The fraction of sp³-hybridized carbons (Fsp3) is 0.294. The van der Waals surface area contributed by atoms with Crippen LogP contribution in [0.2, 0.25) is 0 Å². The van der Waals surface area contributed by atoms with Gasteiger partial charge in [-0.15, -0.1) is 0 Å². The molecule has 0 aromatic heterocycles. The first-order chi connectivity index (χ1) is 9.60. The summed E-state index contributed by atoms with van der Waals surface area (Å²) in [6.07, 6.45) is 0. The summed E-state index contributed by atoms with van der Waals surface area (Å²) in [4.78, 5) is 0. The molecule has 0 unspecified atom stereocenters. The van der Waals surface area contributed by atoms with Crippen molar-refractivity contribution in [2.45, 2.75) is 20.4 Å². The van der Waals surface area contributed by atoms with E-state index in [2.05, 4.69) is 32.0 Å². The highest BCUT2D eigenvalue weighted by molar-refractivity contribution is 5.71. The summed E-state index contributed by atoms with van der Waals surface area (Å²) < 4.78 is 10.7. The predicted molar refractivity (Wildman–Crippen MR) is 82.3 cm³/mol. The van der Waals surface area contributed by atoms with Gasteiger partial charge < -0.3 is 15.2 Å². The van der Waals surface area contributed by atoms with E-state index in [9.17, 15) is 0 Å². The zero-order valence-corrected chi connectivity index (χ0v) is 12.5.